The number of urea groups is 1. The van der Waals surface area contributed by atoms with E-state index in [-0.39, 0.29) is 18.1 Å². The fraction of sp³-hybridized carbons (Fsp3) is 0.304. The maximum Gasteiger partial charge on any atom is 0.410 e. The van der Waals surface area contributed by atoms with Crippen LogP contribution in [0.2, 0.25) is 0 Å². The number of cyclic esters (lactones) is 1. The number of fused-ring (bicyclic) bond motifs is 1. The van der Waals surface area contributed by atoms with Crippen molar-refractivity contribution in [2.75, 3.05) is 25.0 Å². The summed E-state index contributed by atoms with van der Waals surface area (Å²) in [6.07, 6.45) is 0.444. The predicted octanol–water partition coefficient (Wildman–Crippen LogP) is 1.78. The SMILES string of the molecule is C=O.O=C1NC(=O)C2(Cc3ccc(NCCN4CC(c5ccccc5)OC4=O)cc3C2)N1. The Morgan fingerprint density at radius 1 is 1.06 bits per heavy atom. The van der Waals surface area contributed by atoms with Crippen LogP contribution in [0.5, 0.6) is 0 Å². The minimum Gasteiger partial charge on any atom is -0.439 e. The zero-order chi connectivity index (χ0) is 22.7. The van der Waals surface area contributed by atoms with E-state index in [1.807, 2.05) is 55.3 Å². The largest absolute Gasteiger partial charge is 0.439 e. The molecule has 32 heavy (non-hydrogen) atoms. The molecule has 2 aliphatic heterocycles. The van der Waals surface area contributed by atoms with Gasteiger partial charge in [0.1, 0.15) is 18.4 Å². The van der Waals surface area contributed by atoms with E-state index in [1.54, 1.807) is 4.90 Å². The Morgan fingerprint density at radius 2 is 1.81 bits per heavy atom. The van der Waals surface area contributed by atoms with Crippen LogP contribution in [-0.4, -0.2) is 54.9 Å². The summed E-state index contributed by atoms with van der Waals surface area (Å²) >= 11 is 0. The van der Waals surface area contributed by atoms with Crippen molar-refractivity contribution in [3.63, 3.8) is 0 Å². The van der Waals surface area contributed by atoms with Crippen molar-refractivity contribution in [2.24, 2.45) is 0 Å². The maximum absolute atomic E-state index is 12.2. The van der Waals surface area contributed by atoms with Gasteiger partial charge in [0.25, 0.3) is 5.91 Å². The third-order valence-electron chi connectivity index (χ3n) is 5.97. The predicted molar refractivity (Wildman–Crippen MR) is 116 cm³/mol. The van der Waals surface area contributed by atoms with E-state index < -0.39 is 11.6 Å². The van der Waals surface area contributed by atoms with Crippen molar-refractivity contribution >= 4 is 30.5 Å². The second kappa shape index (κ2) is 8.70. The number of rotatable bonds is 5. The molecule has 0 radical (unpaired) electrons. The first-order valence-corrected chi connectivity index (χ1v) is 10.3. The lowest BCUT2D eigenvalue weighted by Gasteiger charge is -2.18. The van der Waals surface area contributed by atoms with Gasteiger partial charge in [0.05, 0.1) is 6.54 Å². The average Bonchev–Trinajstić information content (AvgIpc) is 3.44. The molecule has 4 amide bonds. The second-order valence-corrected chi connectivity index (χ2v) is 7.98. The quantitative estimate of drug-likeness (QED) is 0.616. The first-order valence-electron chi connectivity index (χ1n) is 10.3. The van der Waals surface area contributed by atoms with Gasteiger partial charge < -0.3 is 25.1 Å². The summed E-state index contributed by atoms with van der Waals surface area (Å²) in [7, 11) is 0. The van der Waals surface area contributed by atoms with Gasteiger partial charge in [-0.2, -0.15) is 0 Å². The second-order valence-electron chi connectivity index (χ2n) is 7.98. The summed E-state index contributed by atoms with van der Waals surface area (Å²) in [5.74, 6) is -0.265. The van der Waals surface area contributed by atoms with Crippen LogP contribution in [0.3, 0.4) is 0 Å². The molecule has 2 aromatic rings. The molecule has 1 spiro atoms. The molecule has 1 aliphatic carbocycles. The van der Waals surface area contributed by atoms with Crippen molar-refractivity contribution < 1.29 is 23.9 Å². The van der Waals surface area contributed by atoms with Crippen molar-refractivity contribution in [1.82, 2.24) is 15.5 Å². The summed E-state index contributed by atoms with van der Waals surface area (Å²) in [4.78, 5) is 45.6. The molecule has 2 aromatic carbocycles. The van der Waals surface area contributed by atoms with Gasteiger partial charge in [-0.25, -0.2) is 9.59 Å². The number of hydrogen-bond donors (Lipinski definition) is 3. The van der Waals surface area contributed by atoms with Crippen molar-refractivity contribution in [2.45, 2.75) is 24.5 Å². The van der Waals surface area contributed by atoms with E-state index in [4.69, 9.17) is 9.53 Å². The number of anilines is 1. The van der Waals surface area contributed by atoms with Crippen LogP contribution in [-0.2, 0) is 27.2 Å². The highest BCUT2D eigenvalue weighted by atomic mass is 16.6. The van der Waals surface area contributed by atoms with Crippen molar-refractivity contribution in [1.29, 1.82) is 0 Å². The van der Waals surface area contributed by atoms with Gasteiger partial charge in [0.2, 0.25) is 0 Å². The lowest BCUT2D eigenvalue weighted by atomic mass is 9.96. The third kappa shape index (κ3) is 4.01. The summed E-state index contributed by atoms with van der Waals surface area (Å²) in [6, 6.07) is 15.3. The number of benzene rings is 2. The monoisotopic (exact) mass is 436 g/mol. The van der Waals surface area contributed by atoms with Gasteiger partial charge in [0, 0.05) is 31.6 Å². The number of nitrogens with zero attached hydrogens (tertiary/aromatic N) is 1. The van der Waals surface area contributed by atoms with E-state index in [1.165, 1.54) is 0 Å². The Labute approximate surface area is 185 Å². The molecular formula is C23H24N4O5. The topological polar surface area (TPSA) is 117 Å². The van der Waals surface area contributed by atoms with Crippen LogP contribution >= 0.6 is 0 Å². The normalized spacial score (nSPS) is 23.2. The fourth-order valence-electron chi connectivity index (χ4n) is 4.43. The summed E-state index contributed by atoms with van der Waals surface area (Å²) < 4.78 is 5.48. The molecule has 2 unspecified atom stereocenters. The number of amides is 4. The standard InChI is InChI=1S/C22H22N4O4.CH2O/c27-19-22(25-20(28)24-19)11-15-6-7-17(10-16(15)12-22)23-8-9-26-13-18(30-21(26)29)14-4-2-1-3-5-14;1-2/h1-7,10,18,23H,8-9,11-13H2,(H2,24,25,27,28);1H2. The fourth-order valence-corrected chi connectivity index (χ4v) is 4.43. The number of carbonyl (C=O) groups excluding carboxylic acids is 4. The van der Waals surface area contributed by atoms with Gasteiger partial charge in [0.15, 0.2) is 0 Å². The Bertz CT molecular complexity index is 1040. The molecule has 5 rings (SSSR count). The van der Waals surface area contributed by atoms with Crippen LogP contribution in [0.1, 0.15) is 22.8 Å². The highest BCUT2D eigenvalue weighted by Gasteiger charge is 2.49. The van der Waals surface area contributed by atoms with Gasteiger partial charge in [-0.15, -0.1) is 0 Å². The third-order valence-corrected chi connectivity index (χ3v) is 5.97. The molecule has 3 aliphatic rings. The summed E-state index contributed by atoms with van der Waals surface area (Å²) in [5, 5.41) is 8.44. The Hall–Kier alpha value is -3.88. The molecule has 0 aromatic heterocycles. The molecule has 166 valence electrons. The average molecular weight is 436 g/mol. The van der Waals surface area contributed by atoms with Crippen LogP contribution in [0, 0.1) is 0 Å². The Morgan fingerprint density at radius 3 is 2.53 bits per heavy atom. The molecule has 2 heterocycles. The number of carbonyl (C=O) groups is 4. The van der Waals surface area contributed by atoms with Gasteiger partial charge in [-0.05, 0) is 28.8 Å². The smallest absolute Gasteiger partial charge is 0.410 e. The zero-order valence-electron chi connectivity index (χ0n) is 17.4. The zero-order valence-corrected chi connectivity index (χ0v) is 17.4. The van der Waals surface area contributed by atoms with E-state index in [0.29, 0.717) is 32.5 Å². The van der Waals surface area contributed by atoms with Crippen LogP contribution in [0.4, 0.5) is 15.3 Å². The highest BCUT2D eigenvalue weighted by Crippen LogP contribution is 2.34. The molecule has 3 N–H and O–H groups in total. The Balaban J connectivity index is 0.00000119. The maximum atomic E-state index is 12.2. The molecular weight excluding hydrogens is 412 g/mol. The minimum absolute atomic E-state index is 0.234. The lowest BCUT2D eigenvalue weighted by Crippen LogP contribution is -2.47. The van der Waals surface area contributed by atoms with Crippen LogP contribution in [0.15, 0.2) is 48.5 Å². The van der Waals surface area contributed by atoms with E-state index >= 15 is 0 Å². The Kier molecular flexibility index (Phi) is 5.81. The molecule has 2 fully saturated rings. The molecule has 0 bridgehead atoms. The number of hydrogen-bond acceptors (Lipinski definition) is 6. The molecule has 2 saturated heterocycles. The highest BCUT2D eigenvalue weighted by molar-refractivity contribution is 6.07. The van der Waals surface area contributed by atoms with Crippen LogP contribution < -0.4 is 16.0 Å². The van der Waals surface area contributed by atoms with Crippen molar-refractivity contribution in [3.05, 3.63) is 65.2 Å². The van der Waals surface area contributed by atoms with Crippen molar-refractivity contribution in [3.8, 4) is 0 Å². The summed E-state index contributed by atoms with van der Waals surface area (Å²) in [5.41, 5.74) is 3.16. The number of imide groups is 1. The van der Waals surface area contributed by atoms with E-state index in [2.05, 4.69) is 16.0 Å². The van der Waals surface area contributed by atoms with E-state index in [9.17, 15) is 14.4 Å². The van der Waals surface area contributed by atoms with E-state index in [0.717, 1.165) is 22.4 Å². The number of nitrogens with one attached hydrogen (secondary N) is 3. The van der Waals surface area contributed by atoms with Gasteiger partial charge in [-0.1, -0.05) is 36.4 Å². The van der Waals surface area contributed by atoms with Gasteiger partial charge in [-0.3, -0.25) is 10.1 Å². The first-order chi connectivity index (χ1) is 15.5. The number of ether oxygens (including phenoxy) is 1. The van der Waals surface area contributed by atoms with Gasteiger partial charge >= 0.3 is 12.1 Å². The molecule has 0 saturated carbocycles. The minimum atomic E-state index is -0.857. The molecule has 9 heteroatoms. The molecule has 9 nitrogen and oxygen atoms in total. The lowest BCUT2D eigenvalue weighted by molar-refractivity contribution is -0.123. The summed E-state index contributed by atoms with van der Waals surface area (Å²) in [6.45, 7) is 3.64. The van der Waals surface area contributed by atoms with Crippen LogP contribution in [0.25, 0.3) is 0 Å². The first kappa shape index (κ1) is 21.4. The molecule has 2 atom stereocenters.